The fourth-order valence-corrected chi connectivity index (χ4v) is 2.88. The first kappa shape index (κ1) is 15.6. The van der Waals surface area contributed by atoms with E-state index in [1.54, 1.807) is 0 Å². The second kappa shape index (κ2) is 6.79. The molecule has 0 saturated heterocycles. The smallest absolute Gasteiger partial charge is 0.123 e. The molecule has 2 N–H and O–H groups in total. The first-order chi connectivity index (χ1) is 9.62. The van der Waals surface area contributed by atoms with E-state index in [9.17, 15) is 5.11 Å². The lowest BCUT2D eigenvalue weighted by atomic mass is 9.83. The van der Waals surface area contributed by atoms with Crippen LogP contribution in [0.25, 0.3) is 0 Å². The summed E-state index contributed by atoms with van der Waals surface area (Å²) in [4.78, 5) is 0. The van der Waals surface area contributed by atoms with Gasteiger partial charge in [0, 0.05) is 36.6 Å². The Morgan fingerprint density at radius 2 is 2.15 bits per heavy atom. The van der Waals surface area contributed by atoms with Crippen molar-refractivity contribution < 1.29 is 9.84 Å². The summed E-state index contributed by atoms with van der Waals surface area (Å²) in [5, 5.41) is 13.8. The highest BCUT2D eigenvalue weighted by Gasteiger charge is 2.27. The molecule has 1 heterocycles. The van der Waals surface area contributed by atoms with Crippen LogP contribution in [-0.4, -0.2) is 30.9 Å². The van der Waals surface area contributed by atoms with Crippen molar-refractivity contribution in [2.75, 3.05) is 19.7 Å². The molecule has 1 unspecified atom stereocenters. The molecule has 0 aliphatic carbocycles. The standard InChI is InChI=1S/C16H24ClNO2/c1-3-16(4-2,11-19)10-18-9-14-8-12-7-13(17)5-6-15(12)20-14/h5-7,14,18-19H,3-4,8-11H2,1-2H3. The molecule has 0 aromatic heterocycles. The van der Waals surface area contributed by atoms with Gasteiger partial charge < -0.3 is 15.2 Å². The van der Waals surface area contributed by atoms with Gasteiger partial charge in [0.05, 0.1) is 0 Å². The molecular weight excluding hydrogens is 274 g/mol. The fourth-order valence-electron chi connectivity index (χ4n) is 2.68. The van der Waals surface area contributed by atoms with Gasteiger partial charge in [0.15, 0.2) is 0 Å². The molecule has 0 radical (unpaired) electrons. The highest BCUT2D eigenvalue weighted by molar-refractivity contribution is 6.30. The Labute approximate surface area is 126 Å². The third-order valence-corrected chi connectivity index (χ3v) is 4.71. The maximum absolute atomic E-state index is 9.56. The molecule has 3 nitrogen and oxygen atoms in total. The van der Waals surface area contributed by atoms with E-state index in [0.717, 1.165) is 43.1 Å². The molecule has 0 saturated carbocycles. The molecule has 20 heavy (non-hydrogen) atoms. The highest BCUT2D eigenvalue weighted by atomic mass is 35.5. The van der Waals surface area contributed by atoms with Crippen LogP contribution in [0.3, 0.4) is 0 Å². The minimum atomic E-state index is -0.00519. The van der Waals surface area contributed by atoms with Crippen LogP contribution in [0.15, 0.2) is 18.2 Å². The number of hydrogen-bond donors (Lipinski definition) is 2. The molecule has 1 aliphatic rings. The van der Waals surface area contributed by atoms with Crippen LogP contribution in [0.5, 0.6) is 5.75 Å². The van der Waals surface area contributed by atoms with Gasteiger partial charge in [-0.3, -0.25) is 0 Å². The highest BCUT2D eigenvalue weighted by Crippen LogP contribution is 2.31. The number of aliphatic hydroxyl groups is 1. The predicted molar refractivity (Wildman–Crippen MR) is 82.5 cm³/mol. The summed E-state index contributed by atoms with van der Waals surface area (Å²) in [7, 11) is 0. The lowest BCUT2D eigenvalue weighted by Gasteiger charge is -2.30. The average Bonchev–Trinajstić information content (AvgIpc) is 2.86. The Balaban J connectivity index is 1.83. The number of halogens is 1. The largest absolute Gasteiger partial charge is 0.488 e. The van der Waals surface area contributed by atoms with Gasteiger partial charge >= 0.3 is 0 Å². The first-order valence-electron chi connectivity index (χ1n) is 7.39. The summed E-state index contributed by atoms with van der Waals surface area (Å²) >= 11 is 5.99. The summed E-state index contributed by atoms with van der Waals surface area (Å²) in [6.45, 7) is 6.12. The molecule has 1 atom stereocenters. The van der Waals surface area contributed by atoms with E-state index in [1.807, 2.05) is 18.2 Å². The van der Waals surface area contributed by atoms with Crippen LogP contribution in [-0.2, 0) is 6.42 Å². The number of nitrogens with one attached hydrogen (secondary N) is 1. The Kier molecular flexibility index (Phi) is 5.30. The van der Waals surface area contributed by atoms with E-state index in [1.165, 1.54) is 5.56 Å². The molecule has 1 aliphatic heterocycles. The van der Waals surface area contributed by atoms with Crippen molar-refractivity contribution in [3.8, 4) is 5.75 Å². The number of hydrogen-bond acceptors (Lipinski definition) is 3. The molecule has 0 spiro atoms. The summed E-state index contributed by atoms with van der Waals surface area (Å²) in [5.41, 5.74) is 1.18. The van der Waals surface area contributed by atoms with E-state index >= 15 is 0 Å². The van der Waals surface area contributed by atoms with Gasteiger partial charge in [-0.1, -0.05) is 25.4 Å². The second-order valence-corrected chi connectivity index (χ2v) is 6.13. The van der Waals surface area contributed by atoms with Crippen molar-refractivity contribution in [2.24, 2.45) is 5.41 Å². The molecule has 0 bridgehead atoms. The predicted octanol–water partition coefficient (Wildman–Crippen LogP) is 3.03. The van der Waals surface area contributed by atoms with Crippen LogP contribution in [0, 0.1) is 5.41 Å². The summed E-state index contributed by atoms with van der Waals surface area (Å²) in [5.74, 6) is 0.945. The minimum absolute atomic E-state index is 0.00519. The summed E-state index contributed by atoms with van der Waals surface area (Å²) < 4.78 is 5.89. The van der Waals surface area contributed by atoms with Crippen molar-refractivity contribution >= 4 is 11.6 Å². The maximum Gasteiger partial charge on any atom is 0.123 e. The quantitative estimate of drug-likeness (QED) is 0.813. The minimum Gasteiger partial charge on any atom is -0.488 e. The van der Waals surface area contributed by atoms with Gasteiger partial charge in [-0.05, 0) is 36.6 Å². The number of rotatable bonds is 7. The van der Waals surface area contributed by atoms with Gasteiger partial charge in [-0.25, -0.2) is 0 Å². The van der Waals surface area contributed by atoms with Crippen LogP contribution >= 0.6 is 11.6 Å². The van der Waals surface area contributed by atoms with E-state index in [0.29, 0.717) is 0 Å². The molecule has 1 aromatic rings. The molecule has 2 rings (SSSR count). The second-order valence-electron chi connectivity index (χ2n) is 5.69. The Bertz CT molecular complexity index is 438. The molecule has 1 aromatic carbocycles. The van der Waals surface area contributed by atoms with Crippen molar-refractivity contribution in [3.63, 3.8) is 0 Å². The lowest BCUT2D eigenvalue weighted by Crippen LogP contribution is -2.40. The van der Waals surface area contributed by atoms with Crippen molar-refractivity contribution in [3.05, 3.63) is 28.8 Å². The Morgan fingerprint density at radius 1 is 1.40 bits per heavy atom. The van der Waals surface area contributed by atoms with Crippen molar-refractivity contribution in [1.82, 2.24) is 5.32 Å². The number of benzene rings is 1. The van der Waals surface area contributed by atoms with Crippen molar-refractivity contribution in [1.29, 1.82) is 0 Å². The summed E-state index contributed by atoms with van der Waals surface area (Å²) in [6.07, 6.45) is 3.02. The Hall–Kier alpha value is -0.770. The van der Waals surface area contributed by atoms with Crippen LogP contribution < -0.4 is 10.1 Å². The first-order valence-corrected chi connectivity index (χ1v) is 7.77. The van der Waals surface area contributed by atoms with Gasteiger partial charge in [0.2, 0.25) is 0 Å². The number of fused-ring (bicyclic) bond motifs is 1. The van der Waals surface area contributed by atoms with Crippen LogP contribution in [0.2, 0.25) is 5.02 Å². The van der Waals surface area contributed by atoms with Gasteiger partial charge in [-0.2, -0.15) is 0 Å². The lowest BCUT2D eigenvalue weighted by molar-refractivity contribution is 0.108. The van der Waals surface area contributed by atoms with E-state index < -0.39 is 0 Å². The molecule has 0 fully saturated rings. The van der Waals surface area contributed by atoms with E-state index in [4.69, 9.17) is 16.3 Å². The fraction of sp³-hybridized carbons (Fsp3) is 0.625. The summed E-state index contributed by atoms with van der Waals surface area (Å²) in [6, 6.07) is 5.78. The Morgan fingerprint density at radius 3 is 2.80 bits per heavy atom. The third kappa shape index (κ3) is 3.46. The van der Waals surface area contributed by atoms with E-state index in [2.05, 4.69) is 19.2 Å². The van der Waals surface area contributed by atoms with Gasteiger partial charge in [0.1, 0.15) is 11.9 Å². The zero-order valence-electron chi connectivity index (χ0n) is 12.3. The number of ether oxygens (including phenoxy) is 1. The number of aliphatic hydroxyl groups excluding tert-OH is 1. The van der Waals surface area contributed by atoms with Crippen molar-refractivity contribution in [2.45, 2.75) is 39.2 Å². The molecular formula is C16H24ClNO2. The SMILES string of the molecule is CCC(CC)(CO)CNCC1Cc2cc(Cl)ccc2O1. The van der Waals surface area contributed by atoms with Gasteiger partial charge in [-0.15, -0.1) is 0 Å². The normalized spacial score (nSPS) is 17.9. The average molecular weight is 298 g/mol. The van der Waals surface area contributed by atoms with E-state index in [-0.39, 0.29) is 18.1 Å². The topological polar surface area (TPSA) is 41.5 Å². The molecule has 112 valence electrons. The zero-order valence-corrected chi connectivity index (χ0v) is 13.0. The molecule has 4 heteroatoms. The monoisotopic (exact) mass is 297 g/mol. The molecule has 0 amide bonds. The van der Waals surface area contributed by atoms with Gasteiger partial charge in [0.25, 0.3) is 0 Å². The zero-order chi connectivity index (χ0) is 14.6. The van der Waals surface area contributed by atoms with Crippen LogP contribution in [0.1, 0.15) is 32.3 Å². The maximum atomic E-state index is 9.56. The van der Waals surface area contributed by atoms with Crippen LogP contribution in [0.4, 0.5) is 0 Å². The third-order valence-electron chi connectivity index (χ3n) is 4.47.